The number of Topliss-reactive ketones (excluding diaryl/α,β-unsaturated/α-hetero) is 1. The number of fused-ring (bicyclic) bond motifs is 6. The molecule has 3 heterocycles. The van der Waals surface area contributed by atoms with Gasteiger partial charge < -0.3 is 4.90 Å². The highest BCUT2D eigenvalue weighted by molar-refractivity contribution is 6.24. The van der Waals surface area contributed by atoms with Gasteiger partial charge in [-0.15, -0.1) is 0 Å². The summed E-state index contributed by atoms with van der Waals surface area (Å²) >= 11 is 0. The molecular formula is C26H20N2O3. The van der Waals surface area contributed by atoms with Crippen LogP contribution in [-0.4, -0.2) is 28.5 Å². The summed E-state index contributed by atoms with van der Waals surface area (Å²) in [5.41, 5.74) is 2.58. The van der Waals surface area contributed by atoms with Gasteiger partial charge in [0.05, 0.1) is 29.6 Å². The van der Waals surface area contributed by atoms with Crippen LogP contribution in [0, 0.1) is 11.8 Å². The second-order valence-corrected chi connectivity index (χ2v) is 8.49. The van der Waals surface area contributed by atoms with Crippen molar-refractivity contribution < 1.29 is 14.4 Å². The van der Waals surface area contributed by atoms with Crippen LogP contribution < -0.4 is 4.90 Å². The van der Waals surface area contributed by atoms with Crippen LogP contribution in [0.25, 0.3) is 16.8 Å². The molecule has 3 aromatic rings. The lowest BCUT2D eigenvalue weighted by Crippen LogP contribution is -2.43. The lowest BCUT2D eigenvalue weighted by molar-refractivity contribution is -0.129. The molecule has 3 aromatic carbocycles. The van der Waals surface area contributed by atoms with Crippen LogP contribution in [0.4, 0.5) is 5.69 Å². The summed E-state index contributed by atoms with van der Waals surface area (Å²) in [6, 6.07) is 20.4. The minimum atomic E-state index is -0.683. The fraction of sp³-hybridized carbons (Fsp3) is 0.192. The summed E-state index contributed by atoms with van der Waals surface area (Å²) in [5, 5.41) is 2.01. The van der Waals surface area contributed by atoms with E-state index in [1.165, 1.54) is 11.8 Å². The van der Waals surface area contributed by atoms with Gasteiger partial charge in [0.15, 0.2) is 5.78 Å². The van der Waals surface area contributed by atoms with Crippen molar-refractivity contribution in [3.8, 4) is 0 Å². The molecular weight excluding hydrogens is 388 g/mol. The molecule has 0 N–H and O–H groups in total. The Kier molecular flexibility index (Phi) is 3.72. The predicted molar refractivity (Wildman–Crippen MR) is 118 cm³/mol. The Hall–Kier alpha value is -3.73. The Labute approximate surface area is 179 Å². The maximum Gasteiger partial charge on any atom is 0.240 e. The smallest absolute Gasteiger partial charge is 0.240 e. The van der Waals surface area contributed by atoms with E-state index < -0.39 is 17.9 Å². The van der Waals surface area contributed by atoms with Crippen molar-refractivity contribution in [1.82, 2.24) is 4.90 Å². The second-order valence-electron chi connectivity index (χ2n) is 8.49. The summed E-state index contributed by atoms with van der Waals surface area (Å²) in [6.07, 6.45) is 3.83. The number of carbonyl (C=O) groups is 3. The topological polar surface area (TPSA) is 57.7 Å². The van der Waals surface area contributed by atoms with E-state index in [0.29, 0.717) is 5.69 Å². The zero-order chi connectivity index (χ0) is 21.3. The van der Waals surface area contributed by atoms with Crippen molar-refractivity contribution in [3.05, 3.63) is 84.1 Å². The minimum Gasteiger partial charge on any atom is -0.359 e. The lowest BCUT2D eigenvalue weighted by atomic mass is 9.84. The third-order valence-electron chi connectivity index (χ3n) is 6.87. The number of benzene rings is 3. The van der Waals surface area contributed by atoms with Gasteiger partial charge in [0.1, 0.15) is 0 Å². The fourth-order valence-electron chi connectivity index (χ4n) is 5.59. The highest BCUT2D eigenvalue weighted by Crippen LogP contribution is 2.53. The molecule has 2 amide bonds. The Morgan fingerprint density at radius 1 is 0.839 bits per heavy atom. The van der Waals surface area contributed by atoms with Crippen LogP contribution >= 0.6 is 0 Å². The molecule has 3 aliphatic heterocycles. The number of hydrogen-bond donors (Lipinski definition) is 0. The monoisotopic (exact) mass is 408 g/mol. The molecule has 4 atom stereocenters. The quantitative estimate of drug-likeness (QED) is 0.603. The molecule has 5 nitrogen and oxygen atoms in total. The van der Waals surface area contributed by atoms with E-state index in [4.69, 9.17) is 0 Å². The fourth-order valence-corrected chi connectivity index (χ4v) is 5.59. The number of imide groups is 1. The number of anilines is 1. The summed E-state index contributed by atoms with van der Waals surface area (Å²) in [4.78, 5) is 43.2. The minimum absolute atomic E-state index is 0.0944. The first kappa shape index (κ1) is 18.1. The predicted octanol–water partition coefficient (Wildman–Crippen LogP) is 3.94. The third-order valence-corrected chi connectivity index (χ3v) is 6.87. The van der Waals surface area contributed by atoms with Crippen molar-refractivity contribution in [2.45, 2.75) is 19.0 Å². The number of carbonyl (C=O) groups excluding carboxylic acids is 3. The molecule has 0 radical (unpaired) electrons. The van der Waals surface area contributed by atoms with E-state index in [0.717, 1.165) is 21.9 Å². The molecule has 3 aliphatic rings. The first-order valence-corrected chi connectivity index (χ1v) is 10.5. The summed E-state index contributed by atoms with van der Waals surface area (Å²) < 4.78 is 0. The number of rotatable bonds is 2. The van der Waals surface area contributed by atoms with Crippen LogP contribution in [0.2, 0.25) is 0 Å². The van der Waals surface area contributed by atoms with E-state index in [1.807, 2.05) is 83.9 Å². The van der Waals surface area contributed by atoms with Gasteiger partial charge in [-0.3, -0.25) is 14.4 Å². The van der Waals surface area contributed by atoms with Gasteiger partial charge in [-0.1, -0.05) is 54.6 Å². The molecule has 0 spiro atoms. The average molecular weight is 408 g/mol. The standard InChI is InChI=1S/C26H20N2O3/c1-15(29)23-21-22(24-20-9-5-4-7-17(20)12-13-27(23)24)26(31)28(25(21)30)19-11-10-16-6-2-3-8-18(16)14-19/h2-14,21-24H,1H3/t21-,22+,23+,24+/m1/s1. The van der Waals surface area contributed by atoms with Crippen molar-refractivity contribution in [1.29, 1.82) is 0 Å². The van der Waals surface area contributed by atoms with Crippen LogP contribution in [0.5, 0.6) is 0 Å². The number of hydrogen-bond acceptors (Lipinski definition) is 4. The Balaban J connectivity index is 1.49. The summed E-state index contributed by atoms with van der Waals surface area (Å²) in [7, 11) is 0. The molecule has 0 unspecified atom stereocenters. The Morgan fingerprint density at radius 2 is 1.55 bits per heavy atom. The maximum absolute atomic E-state index is 13.7. The first-order chi connectivity index (χ1) is 15.1. The van der Waals surface area contributed by atoms with Gasteiger partial charge in [0, 0.05) is 6.20 Å². The van der Waals surface area contributed by atoms with Crippen LogP contribution in [0.1, 0.15) is 24.1 Å². The van der Waals surface area contributed by atoms with Crippen LogP contribution in [0.15, 0.2) is 72.9 Å². The number of ketones is 1. The zero-order valence-electron chi connectivity index (χ0n) is 16.9. The van der Waals surface area contributed by atoms with Gasteiger partial charge in [-0.25, -0.2) is 4.90 Å². The molecule has 0 aromatic heterocycles. The van der Waals surface area contributed by atoms with Gasteiger partial charge in [-0.05, 0) is 47.0 Å². The molecule has 2 saturated heterocycles. The zero-order valence-corrected chi connectivity index (χ0v) is 16.9. The van der Waals surface area contributed by atoms with E-state index in [9.17, 15) is 14.4 Å². The van der Waals surface area contributed by atoms with Crippen LogP contribution in [0.3, 0.4) is 0 Å². The largest absolute Gasteiger partial charge is 0.359 e. The molecule has 5 heteroatoms. The van der Waals surface area contributed by atoms with Gasteiger partial charge in [0.25, 0.3) is 0 Å². The SMILES string of the molecule is CC(=O)[C@H]1[C@@H]2C(=O)N(c3ccc4ccccc4c3)C(=O)[C@@H]2[C@@H]2c3ccccc3C=CN12. The molecule has 152 valence electrons. The van der Waals surface area contributed by atoms with Crippen molar-refractivity contribution in [2.24, 2.45) is 11.8 Å². The Morgan fingerprint density at radius 3 is 2.35 bits per heavy atom. The average Bonchev–Trinajstić information content (AvgIpc) is 3.26. The highest BCUT2D eigenvalue weighted by atomic mass is 16.2. The first-order valence-electron chi connectivity index (χ1n) is 10.5. The molecule has 31 heavy (non-hydrogen) atoms. The third kappa shape index (κ3) is 2.40. The molecule has 6 rings (SSSR count). The summed E-state index contributed by atoms with van der Waals surface area (Å²) in [6.45, 7) is 1.51. The summed E-state index contributed by atoms with van der Waals surface area (Å²) in [5.74, 6) is -1.88. The molecule has 0 saturated carbocycles. The normalized spacial score (nSPS) is 26.2. The van der Waals surface area contributed by atoms with Gasteiger partial charge >= 0.3 is 0 Å². The van der Waals surface area contributed by atoms with E-state index in [-0.39, 0.29) is 23.6 Å². The van der Waals surface area contributed by atoms with E-state index in [2.05, 4.69) is 0 Å². The highest BCUT2D eigenvalue weighted by Gasteiger charge is 2.63. The van der Waals surface area contributed by atoms with Gasteiger partial charge in [-0.2, -0.15) is 0 Å². The van der Waals surface area contributed by atoms with Crippen molar-refractivity contribution in [3.63, 3.8) is 0 Å². The van der Waals surface area contributed by atoms with Gasteiger partial charge in [0.2, 0.25) is 11.8 Å². The maximum atomic E-state index is 13.7. The number of amides is 2. The molecule has 2 fully saturated rings. The molecule has 0 aliphatic carbocycles. The van der Waals surface area contributed by atoms with E-state index >= 15 is 0 Å². The van der Waals surface area contributed by atoms with Crippen LogP contribution in [-0.2, 0) is 14.4 Å². The van der Waals surface area contributed by atoms with Crippen molar-refractivity contribution in [2.75, 3.05) is 4.90 Å². The Bertz CT molecular complexity index is 1310. The van der Waals surface area contributed by atoms with Crippen molar-refractivity contribution >= 4 is 40.1 Å². The second kappa shape index (κ2) is 6.38. The van der Waals surface area contributed by atoms with E-state index in [1.54, 1.807) is 0 Å². The number of nitrogens with zero attached hydrogens (tertiary/aromatic N) is 2. The molecule has 0 bridgehead atoms. The lowest BCUT2D eigenvalue weighted by Gasteiger charge is -2.35.